The second-order valence-corrected chi connectivity index (χ2v) is 5.46. The van der Waals surface area contributed by atoms with Crippen LogP contribution in [0.5, 0.6) is 0 Å². The molecule has 0 radical (unpaired) electrons. The quantitative estimate of drug-likeness (QED) is 0.806. The van der Waals surface area contributed by atoms with Gasteiger partial charge >= 0.3 is 5.97 Å². The molecule has 3 aromatic rings. The van der Waals surface area contributed by atoms with E-state index in [4.69, 9.17) is 0 Å². The van der Waals surface area contributed by atoms with E-state index in [0.717, 1.165) is 23.4 Å². The third-order valence-electron chi connectivity index (χ3n) is 4.07. The summed E-state index contributed by atoms with van der Waals surface area (Å²) >= 11 is 0. The second kappa shape index (κ2) is 5.26. The van der Waals surface area contributed by atoms with Crippen molar-refractivity contribution in [2.75, 3.05) is 0 Å². The standard InChI is InChI=1S/C17H17N3O2/c1-10-6-4-5-7-13(10)8-14-11(2)19-16-15(17(21)22)9-18-20(16)12(14)3/h4-7,9H,8H2,1-3H3,(H,21,22). The lowest BCUT2D eigenvalue weighted by molar-refractivity contribution is 0.0699. The molecule has 0 aliphatic heterocycles. The average molecular weight is 295 g/mol. The summed E-state index contributed by atoms with van der Waals surface area (Å²) in [4.78, 5) is 15.7. The molecule has 5 nitrogen and oxygen atoms in total. The minimum Gasteiger partial charge on any atom is -0.477 e. The van der Waals surface area contributed by atoms with Gasteiger partial charge in [-0.05, 0) is 37.5 Å². The predicted octanol–water partition coefficient (Wildman–Crippen LogP) is 2.94. The topological polar surface area (TPSA) is 67.5 Å². The number of aromatic nitrogens is 3. The summed E-state index contributed by atoms with van der Waals surface area (Å²) in [5.74, 6) is -1.01. The highest BCUT2D eigenvalue weighted by Crippen LogP contribution is 2.21. The van der Waals surface area contributed by atoms with Crippen LogP contribution in [0.2, 0.25) is 0 Å². The maximum atomic E-state index is 11.2. The maximum Gasteiger partial charge on any atom is 0.341 e. The molecule has 0 saturated heterocycles. The largest absolute Gasteiger partial charge is 0.477 e. The van der Waals surface area contributed by atoms with Crippen LogP contribution in [-0.2, 0) is 6.42 Å². The first kappa shape index (κ1) is 14.3. The first-order valence-corrected chi connectivity index (χ1v) is 7.10. The molecular weight excluding hydrogens is 278 g/mol. The van der Waals surface area contributed by atoms with E-state index in [1.54, 1.807) is 4.52 Å². The predicted molar refractivity (Wildman–Crippen MR) is 83.4 cm³/mol. The van der Waals surface area contributed by atoms with Gasteiger partial charge in [-0.3, -0.25) is 0 Å². The molecule has 22 heavy (non-hydrogen) atoms. The van der Waals surface area contributed by atoms with Crippen LogP contribution in [0.25, 0.3) is 5.65 Å². The smallest absolute Gasteiger partial charge is 0.341 e. The molecule has 0 bridgehead atoms. The number of hydrogen-bond donors (Lipinski definition) is 1. The Bertz CT molecular complexity index is 881. The van der Waals surface area contributed by atoms with Crippen LogP contribution in [0, 0.1) is 20.8 Å². The lowest BCUT2D eigenvalue weighted by Crippen LogP contribution is -2.08. The molecule has 0 saturated carbocycles. The van der Waals surface area contributed by atoms with E-state index >= 15 is 0 Å². The van der Waals surface area contributed by atoms with Crippen molar-refractivity contribution in [1.82, 2.24) is 14.6 Å². The molecule has 5 heteroatoms. The zero-order valence-corrected chi connectivity index (χ0v) is 12.8. The Labute approximate surface area is 128 Å². The number of rotatable bonds is 3. The number of fused-ring (bicyclic) bond motifs is 1. The van der Waals surface area contributed by atoms with Gasteiger partial charge in [-0.2, -0.15) is 5.10 Å². The molecule has 112 valence electrons. The van der Waals surface area contributed by atoms with Crippen LogP contribution in [0.15, 0.2) is 30.5 Å². The molecule has 0 spiro atoms. The maximum absolute atomic E-state index is 11.2. The van der Waals surface area contributed by atoms with Gasteiger partial charge in [-0.15, -0.1) is 0 Å². The van der Waals surface area contributed by atoms with Gasteiger partial charge in [0.2, 0.25) is 0 Å². The molecule has 3 rings (SSSR count). The summed E-state index contributed by atoms with van der Waals surface area (Å²) in [5, 5.41) is 13.4. The number of nitrogens with zero attached hydrogens (tertiary/aromatic N) is 3. The lowest BCUT2D eigenvalue weighted by Gasteiger charge is -2.12. The highest BCUT2D eigenvalue weighted by atomic mass is 16.4. The highest BCUT2D eigenvalue weighted by molar-refractivity contribution is 5.94. The third kappa shape index (κ3) is 2.24. The fourth-order valence-corrected chi connectivity index (χ4v) is 2.72. The summed E-state index contributed by atoms with van der Waals surface area (Å²) in [6.45, 7) is 5.95. The molecule has 0 aliphatic rings. The van der Waals surface area contributed by atoms with E-state index in [1.807, 2.05) is 26.0 Å². The Morgan fingerprint density at radius 2 is 1.95 bits per heavy atom. The molecule has 2 heterocycles. The fourth-order valence-electron chi connectivity index (χ4n) is 2.72. The van der Waals surface area contributed by atoms with Crippen molar-refractivity contribution in [3.05, 3.63) is 64.1 Å². The Balaban J connectivity index is 2.15. The molecule has 0 fully saturated rings. The molecule has 0 atom stereocenters. The summed E-state index contributed by atoms with van der Waals surface area (Å²) in [7, 11) is 0. The fraction of sp³-hybridized carbons (Fsp3) is 0.235. The summed E-state index contributed by atoms with van der Waals surface area (Å²) < 4.78 is 1.62. The van der Waals surface area contributed by atoms with Gasteiger partial charge in [-0.25, -0.2) is 14.3 Å². The van der Waals surface area contributed by atoms with Crippen molar-refractivity contribution in [3.63, 3.8) is 0 Å². The monoisotopic (exact) mass is 295 g/mol. The van der Waals surface area contributed by atoms with E-state index in [-0.39, 0.29) is 5.56 Å². The van der Waals surface area contributed by atoms with E-state index < -0.39 is 5.97 Å². The van der Waals surface area contributed by atoms with Crippen LogP contribution >= 0.6 is 0 Å². The second-order valence-electron chi connectivity index (χ2n) is 5.46. The van der Waals surface area contributed by atoms with Gasteiger partial charge in [-0.1, -0.05) is 24.3 Å². The van der Waals surface area contributed by atoms with Gasteiger partial charge in [0, 0.05) is 17.8 Å². The molecule has 1 aromatic carbocycles. The van der Waals surface area contributed by atoms with E-state index in [2.05, 4.69) is 29.1 Å². The van der Waals surface area contributed by atoms with Gasteiger partial charge in [0.25, 0.3) is 0 Å². The number of aromatic carboxylic acids is 1. The Hall–Kier alpha value is -2.69. The van der Waals surface area contributed by atoms with Crippen molar-refractivity contribution in [1.29, 1.82) is 0 Å². The number of carboxylic acids is 1. The number of hydrogen-bond acceptors (Lipinski definition) is 3. The van der Waals surface area contributed by atoms with Gasteiger partial charge in [0.1, 0.15) is 5.56 Å². The molecular formula is C17H17N3O2. The molecule has 1 N–H and O–H groups in total. The minimum absolute atomic E-state index is 0.133. The van der Waals surface area contributed by atoms with Crippen molar-refractivity contribution in [2.24, 2.45) is 0 Å². The summed E-state index contributed by atoms with van der Waals surface area (Å²) in [5.41, 5.74) is 5.86. The van der Waals surface area contributed by atoms with Crippen molar-refractivity contribution >= 4 is 11.6 Å². The van der Waals surface area contributed by atoms with E-state index in [1.165, 1.54) is 17.3 Å². The first-order chi connectivity index (χ1) is 10.5. The van der Waals surface area contributed by atoms with Crippen LogP contribution in [0.3, 0.4) is 0 Å². The number of carboxylic acid groups (broad SMARTS) is 1. The highest BCUT2D eigenvalue weighted by Gasteiger charge is 2.17. The summed E-state index contributed by atoms with van der Waals surface area (Å²) in [6.07, 6.45) is 2.12. The SMILES string of the molecule is Cc1ccccc1Cc1c(C)nc2c(C(=O)O)cnn2c1C. The Morgan fingerprint density at radius 3 is 2.64 bits per heavy atom. The van der Waals surface area contributed by atoms with Crippen LogP contribution in [0.4, 0.5) is 0 Å². The normalized spacial score (nSPS) is 11.0. The number of aryl methyl sites for hydroxylation is 3. The lowest BCUT2D eigenvalue weighted by atomic mass is 9.99. The minimum atomic E-state index is -1.01. The van der Waals surface area contributed by atoms with Crippen LogP contribution in [-0.4, -0.2) is 25.7 Å². The zero-order valence-electron chi connectivity index (χ0n) is 12.8. The number of carbonyl (C=O) groups is 1. The molecule has 0 aliphatic carbocycles. The number of benzene rings is 1. The van der Waals surface area contributed by atoms with Crippen molar-refractivity contribution in [3.8, 4) is 0 Å². The van der Waals surface area contributed by atoms with Gasteiger partial charge < -0.3 is 5.11 Å². The van der Waals surface area contributed by atoms with Crippen molar-refractivity contribution in [2.45, 2.75) is 27.2 Å². The van der Waals surface area contributed by atoms with E-state index in [9.17, 15) is 9.90 Å². The molecule has 0 amide bonds. The summed E-state index contributed by atoms with van der Waals surface area (Å²) in [6, 6.07) is 8.23. The third-order valence-corrected chi connectivity index (χ3v) is 4.07. The molecule has 0 unspecified atom stereocenters. The average Bonchev–Trinajstić information content (AvgIpc) is 2.89. The van der Waals surface area contributed by atoms with Crippen LogP contribution in [0.1, 0.15) is 38.4 Å². The molecule has 2 aromatic heterocycles. The van der Waals surface area contributed by atoms with E-state index in [0.29, 0.717) is 5.65 Å². The van der Waals surface area contributed by atoms with Gasteiger partial charge in [0.05, 0.1) is 6.20 Å². The van der Waals surface area contributed by atoms with Crippen LogP contribution < -0.4 is 0 Å². The Kier molecular flexibility index (Phi) is 3.41. The first-order valence-electron chi connectivity index (χ1n) is 7.10. The zero-order chi connectivity index (χ0) is 15.9. The van der Waals surface area contributed by atoms with Gasteiger partial charge in [0.15, 0.2) is 5.65 Å². The Morgan fingerprint density at radius 1 is 1.23 bits per heavy atom. The van der Waals surface area contributed by atoms with Crippen molar-refractivity contribution < 1.29 is 9.90 Å².